The summed E-state index contributed by atoms with van der Waals surface area (Å²) in [6, 6.07) is 8.87. The number of hydrogen-bond donors (Lipinski definition) is 0. The number of unbranched alkanes of at least 4 members (excludes halogenated alkanes) is 3. The molecule has 1 aromatic rings. The summed E-state index contributed by atoms with van der Waals surface area (Å²) in [6.45, 7) is 32.4. The molecule has 0 N–H and O–H groups in total. The first-order valence-corrected chi connectivity index (χ1v) is 27.0. The first-order chi connectivity index (χ1) is 27.6. The number of rotatable bonds is 19. The molecular weight excluding hydrogens is 821 g/mol. The number of carbonyl (C=O) groups excluding carboxylic acids is 1. The molecule has 0 saturated carbocycles. The van der Waals surface area contributed by atoms with Crippen LogP contribution in [0.15, 0.2) is 35.2 Å². The fraction of sp³-hybridized carbons (Fsp3) is 0.841. The van der Waals surface area contributed by atoms with Crippen molar-refractivity contribution < 1.29 is 30.0 Å². The predicted molar refractivity (Wildman–Crippen MR) is 251 cm³/mol. The van der Waals surface area contributed by atoms with Crippen molar-refractivity contribution in [2.24, 2.45) is 23.7 Å². The molecule has 4 rings (SSSR count). The Labute approximate surface area is 369 Å². The minimum atomic E-state index is -3.13. The van der Waals surface area contributed by atoms with Gasteiger partial charge in [-0.3, -0.25) is 4.90 Å². The Morgan fingerprint density at radius 3 is 1.57 bits per heavy atom. The van der Waals surface area contributed by atoms with Gasteiger partial charge in [0.05, 0.1) is 10.6 Å². The van der Waals surface area contributed by atoms with Gasteiger partial charge in [0.1, 0.15) is 5.88 Å². The van der Waals surface area contributed by atoms with E-state index in [1.54, 1.807) is 37.2 Å². The lowest BCUT2D eigenvalue weighted by molar-refractivity contribution is 0.187. The lowest BCUT2D eigenvalue weighted by atomic mass is 10.2. The molecule has 2 amide bonds. The Morgan fingerprint density at radius 2 is 1.07 bits per heavy atom. The highest BCUT2D eigenvalue weighted by atomic mass is 32.2. The third kappa shape index (κ3) is 22.0. The van der Waals surface area contributed by atoms with Gasteiger partial charge in [0.25, 0.3) is 10.2 Å². The fourth-order valence-corrected chi connectivity index (χ4v) is 11.7. The summed E-state index contributed by atoms with van der Waals surface area (Å²) in [4.78, 5) is 18.2. The summed E-state index contributed by atoms with van der Waals surface area (Å²) in [7, 11) is -9.22. The molecule has 0 aromatic heterocycles. The van der Waals surface area contributed by atoms with E-state index in [0.29, 0.717) is 67.8 Å². The van der Waals surface area contributed by atoms with Gasteiger partial charge >= 0.3 is 6.03 Å². The van der Waals surface area contributed by atoms with Gasteiger partial charge in [0, 0.05) is 78.5 Å². The van der Waals surface area contributed by atoms with Crippen LogP contribution in [0.4, 0.5) is 4.79 Å². The summed E-state index contributed by atoms with van der Waals surface area (Å²) in [5.41, 5.74) is 0. The van der Waals surface area contributed by atoms with Crippen molar-refractivity contribution in [2.75, 3.05) is 90.2 Å². The topological polar surface area (TPSA) is 139 Å². The van der Waals surface area contributed by atoms with Crippen molar-refractivity contribution in [3.8, 4) is 0 Å². The van der Waals surface area contributed by atoms with Gasteiger partial charge in [-0.25, -0.2) is 21.6 Å². The average molecular weight is 909 g/mol. The zero-order chi connectivity index (χ0) is 44.8. The summed E-state index contributed by atoms with van der Waals surface area (Å²) in [5, 5.41) is 0. The van der Waals surface area contributed by atoms with Gasteiger partial charge < -0.3 is 9.80 Å². The molecule has 1 aromatic carbocycles. The minimum Gasteiger partial charge on any atom is -0.323 e. The van der Waals surface area contributed by atoms with E-state index in [1.165, 1.54) is 0 Å². The molecule has 354 valence electrons. The predicted octanol–water partition coefficient (Wildman–Crippen LogP) is 7.97. The van der Waals surface area contributed by atoms with Crippen molar-refractivity contribution in [3.63, 3.8) is 0 Å². The smallest absolute Gasteiger partial charge is 0.320 e. The van der Waals surface area contributed by atoms with Crippen molar-refractivity contribution >= 4 is 36.1 Å². The second-order valence-corrected chi connectivity index (χ2v) is 23.7. The Kier molecular flexibility index (Phi) is 28.6. The Hall–Kier alpha value is -1.82. The van der Waals surface area contributed by atoms with Crippen molar-refractivity contribution in [2.45, 2.75) is 133 Å². The molecule has 0 unspecified atom stereocenters. The van der Waals surface area contributed by atoms with Crippen LogP contribution in [0, 0.1) is 23.7 Å². The monoisotopic (exact) mass is 909 g/mol. The molecular formula is C44H88N6O7S3. The number of sulfone groups is 1. The quantitative estimate of drug-likeness (QED) is 0.136. The maximum absolute atomic E-state index is 12.0. The van der Waals surface area contributed by atoms with E-state index in [0.717, 1.165) is 84.2 Å². The number of nitrogens with zero attached hydrogens (tertiary/aromatic N) is 6. The van der Waals surface area contributed by atoms with E-state index in [1.807, 2.05) is 48.5 Å². The SMILES string of the molecule is C.CC(C)CCS(=O)(=O)c1ccccc1.CCCCN1CCN(CC(C)C)C1=O.CCCCN1CCN(CC(C)C)CS1(=O)=O.CCCCN1CCN(CC(C)C)S1(=O)=O. The van der Waals surface area contributed by atoms with Crippen molar-refractivity contribution in [3.05, 3.63) is 30.3 Å². The van der Waals surface area contributed by atoms with Crippen LogP contribution in [0.25, 0.3) is 0 Å². The van der Waals surface area contributed by atoms with Crippen LogP contribution in [-0.4, -0.2) is 149 Å². The van der Waals surface area contributed by atoms with Crippen molar-refractivity contribution in [1.29, 1.82) is 0 Å². The van der Waals surface area contributed by atoms with E-state index in [-0.39, 0.29) is 25.1 Å². The molecule has 3 heterocycles. The summed E-state index contributed by atoms with van der Waals surface area (Å²) in [6.07, 6.45) is 7.00. The van der Waals surface area contributed by atoms with Crippen LogP contribution in [0.2, 0.25) is 0 Å². The van der Waals surface area contributed by atoms with E-state index >= 15 is 0 Å². The molecule has 0 aliphatic carbocycles. The molecule has 3 aliphatic heterocycles. The number of carbonyl (C=O) groups is 1. The van der Waals surface area contributed by atoms with E-state index < -0.39 is 30.1 Å². The fourth-order valence-electron chi connectivity index (χ4n) is 6.72. The van der Waals surface area contributed by atoms with E-state index in [4.69, 9.17) is 0 Å². The molecule has 0 spiro atoms. The number of hydrogen-bond acceptors (Lipinski definition) is 8. The number of benzene rings is 1. The summed E-state index contributed by atoms with van der Waals surface area (Å²) >= 11 is 0. The second-order valence-electron chi connectivity index (χ2n) is 17.8. The first-order valence-electron chi connectivity index (χ1n) is 22.4. The summed E-state index contributed by atoms with van der Waals surface area (Å²) in [5.74, 6) is 2.37. The minimum absolute atomic E-state index is 0. The molecule has 3 aliphatic rings. The maximum Gasteiger partial charge on any atom is 0.320 e. The molecule has 0 radical (unpaired) electrons. The average Bonchev–Trinajstić information content (AvgIpc) is 3.64. The van der Waals surface area contributed by atoms with Gasteiger partial charge in [-0.2, -0.15) is 21.3 Å². The van der Waals surface area contributed by atoms with Gasteiger partial charge in [-0.1, -0.05) is 121 Å². The molecule has 16 heteroatoms. The molecule has 0 bridgehead atoms. The normalized spacial score (nSPS) is 18.6. The van der Waals surface area contributed by atoms with Crippen LogP contribution in [0.1, 0.15) is 129 Å². The molecule has 3 saturated heterocycles. The molecule has 3 fully saturated rings. The van der Waals surface area contributed by atoms with Gasteiger partial charge in [-0.15, -0.1) is 0 Å². The number of urea groups is 1. The van der Waals surface area contributed by atoms with Gasteiger partial charge in [-0.05, 0) is 61.5 Å². The Morgan fingerprint density at radius 1 is 0.583 bits per heavy atom. The van der Waals surface area contributed by atoms with Crippen LogP contribution in [-0.2, 0) is 30.1 Å². The molecule has 13 nitrogen and oxygen atoms in total. The number of amides is 2. The van der Waals surface area contributed by atoms with Crippen LogP contribution < -0.4 is 0 Å². The van der Waals surface area contributed by atoms with Crippen molar-refractivity contribution in [1.82, 2.24) is 27.6 Å². The van der Waals surface area contributed by atoms with Crippen LogP contribution in [0.3, 0.4) is 0 Å². The highest BCUT2D eigenvalue weighted by Gasteiger charge is 2.36. The van der Waals surface area contributed by atoms with Crippen LogP contribution >= 0.6 is 0 Å². The largest absolute Gasteiger partial charge is 0.323 e. The van der Waals surface area contributed by atoms with E-state index in [2.05, 4.69) is 48.5 Å². The Balaban J connectivity index is 0.000000770. The third-order valence-corrected chi connectivity index (χ3v) is 15.6. The zero-order valence-electron chi connectivity index (χ0n) is 38.8. The zero-order valence-corrected chi connectivity index (χ0v) is 41.3. The highest BCUT2D eigenvalue weighted by Crippen LogP contribution is 2.19. The lowest BCUT2D eigenvalue weighted by Crippen LogP contribution is -2.50. The van der Waals surface area contributed by atoms with Crippen LogP contribution in [0.5, 0.6) is 0 Å². The second kappa shape index (κ2) is 29.5. The lowest BCUT2D eigenvalue weighted by Gasteiger charge is -2.34. The summed E-state index contributed by atoms with van der Waals surface area (Å²) < 4.78 is 76.2. The molecule has 60 heavy (non-hydrogen) atoms. The Bertz CT molecular complexity index is 1630. The van der Waals surface area contributed by atoms with Gasteiger partial charge in [0.15, 0.2) is 9.84 Å². The maximum atomic E-state index is 12.0. The third-order valence-electron chi connectivity index (χ3n) is 9.98. The van der Waals surface area contributed by atoms with E-state index in [9.17, 15) is 30.0 Å². The standard InChI is InChI=1S/C11H24N2O2S.C11H22N2O.C11H16O2S.C10H22N2O2S.CH4/c1-4-5-6-13-8-7-12(9-11(2)3)10-16(13,14)15;1-4-5-6-12-7-8-13(11(12)14)9-10(2)3;1-10(2)8-9-14(12,13)11-6-4-3-5-7-11;1-4-5-6-11-7-8-12(9-10(2)3)15(11,13)14;/h11H,4-10H2,1-3H3;10H,4-9H2,1-3H3;3-7,10H,8-9H2,1-2H3;10H,4-9H2,1-3H3;1H4. The highest BCUT2D eigenvalue weighted by molar-refractivity contribution is 7.91. The first kappa shape index (κ1) is 58.2. The number of sulfonamides is 1. The molecule has 0 atom stereocenters. The van der Waals surface area contributed by atoms with Gasteiger partial charge in [0.2, 0.25) is 10.0 Å².